The molecule has 1 aliphatic heterocycles. The Morgan fingerprint density at radius 1 is 1.47 bits per heavy atom. The van der Waals surface area contributed by atoms with E-state index in [2.05, 4.69) is 23.1 Å². The van der Waals surface area contributed by atoms with E-state index in [0.29, 0.717) is 6.54 Å². The van der Waals surface area contributed by atoms with Crippen LogP contribution in [0.5, 0.6) is 0 Å². The molecule has 0 spiro atoms. The Kier molecular flexibility index (Phi) is 2.34. The van der Waals surface area contributed by atoms with E-state index in [4.69, 9.17) is 0 Å². The number of carbonyl (C=O) groups is 1. The van der Waals surface area contributed by atoms with Crippen LogP contribution in [0.3, 0.4) is 0 Å². The summed E-state index contributed by atoms with van der Waals surface area (Å²) in [6, 6.07) is 0. The van der Waals surface area contributed by atoms with Crippen LogP contribution in [0.25, 0.3) is 0 Å². The van der Waals surface area contributed by atoms with Crippen molar-refractivity contribution in [2.24, 2.45) is 0 Å². The topological polar surface area (TPSA) is 38.1 Å². The number of amides is 1. The zero-order valence-electron chi connectivity index (χ0n) is 9.16. The van der Waals surface area contributed by atoms with E-state index in [1.54, 1.807) is 4.90 Å². The minimum absolute atomic E-state index is 0.0143. The monoisotopic (exact) mass is 205 g/mol. The molecule has 0 N–H and O–H groups in total. The Bertz CT molecular complexity index is 420. The van der Waals surface area contributed by atoms with Gasteiger partial charge in [0.1, 0.15) is 5.82 Å². The van der Waals surface area contributed by atoms with Gasteiger partial charge in [0, 0.05) is 18.8 Å². The van der Waals surface area contributed by atoms with E-state index in [9.17, 15) is 4.79 Å². The summed E-state index contributed by atoms with van der Waals surface area (Å²) in [6.07, 6.45) is 1.36. The van der Waals surface area contributed by atoms with Gasteiger partial charge in [-0.1, -0.05) is 6.58 Å². The molecule has 0 saturated heterocycles. The van der Waals surface area contributed by atoms with Crippen molar-refractivity contribution in [2.45, 2.75) is 26.9 Å². The van der Waals surface area contributed by atoms with Crippen molar-refractivity contribution >= 4 is 5.91 Å². The molecule has 0 unspecified atom stereocenters. The van der Waals surface area contributed by atoms with Crippen LogP contribution in [0.1, 0.15) is 17.2 Å². The molecule has 0 radical (unpaired) electrons. The SMILES string of the molecule is C=CC(=O)N1CCn2c(nc(C)c2C)C1. The smallest absolute Gasteiger partial charge is 0.246 e. The summed E-state index contributed by atoms with van der Waals surface area (Å²) in [5.41, 5.74) is 2.26. The molecule has 4 nitrogen and oxygen atoms in total. The van der Waals surface area contributed by atoms with E-state index < -0.39 is 0 Å². The van der Waals surface area contributed by atoms with Gasteiger partial charge in [0.25, 0.3) is 0 Å². The van der Waals surface area contributed by atoms with Crippen LogP contribution >= 0.6 is 0 Å². The van der Waals surface area contributed by atoms with Crippen LogP contribution in [0.4, 0.5) is 0 Å². The molecule has 0 saturated carbocycles. The number of hydrogen-bond acceptors (Lipinski definition) is 2. The molecule has 0 aliphatic carbocycles. The van der Waals surface area contributed by atoms with E-state index in [1.807, 2.05) is 6.92 Å². The highest BCUT2D eigenvalue weighted by atomic mass is 16.2. The molecular formula is C11H15N3O. The van der Waals surface area contributed by atoms with Crippen molar-refractivity contribution < 1.29 is 4.79 Å². The van der Waals surface area contributed by atoms with Crippen molar-refractivity contribution in [3.05, 3.63) is 29.9 Å². The maximum Gasteiger partial charge on any atom is 0.246 e. The zero-order valence-corrected chi connectivity index (χ0v) is 9.16. The quantitative estimate of drug-likeness (QED) is 0.642. The second-order valence-corrected chi connectivity index (χ2v) is 3.81. The second kappa shape index (κ2) is 3.53. The van der Waals surface area contributed by atoms with Crippen LogP contribution in [0.15, 0.2) is 12.7 Å². The summed E-state index contributed by atoms with van der Waals surface area (Å²) in [5.74, 6) is 0.964. The maximum absolute atomic E-state index is 11.4. The van der Waals surface area contributed by atoms with E-state index in [1.165, 1.54) is 11.8 Å². The molecule has 2 rings (SSSR count). The Labute approximate surface area is 89.2 Å². The van der Waals surface area contributed by atoms with Gasteiger partial charge in [-0.25, -0.2) is 4.98 Å². The summed E-state index contributed by atoms with van der Waals surface area (Å²) in [5, 5.41) is 0. The third-order valence-corrected chi connectivity index (χ3v) is 2.95. The first kappa shape index (κ1) is 9.96. The summed E-state index contributed by atoms with van der Waals surface area (Å²) < 4.78 is 2.18. The molecule has 1 aromatic rings. The highest BCUT2D eigenvalue weighted by Crippen LogP contribution is 2.16. The van der Waals surface area contributed by atoms with Crippen molar-refractivity contribution in [3.63, 3.8) is 0 Å². The fraction of sp³-hybridized carbons (Fsp3) is 0.455. The van der Waals surface area contributed by atoms with Crippen molar-refractivity contribution in [3.8, 4) is 0 Å². The molecular weight excluding hydrogens is 190 g/mol. The average molecular weight is 205 g/mol. The number of carbonyl (C=O) groups excluding carboxylic acids is 1. The Balaban J connectivity index is 2.27. The van der Waals surface area contributed by atoms with Crippen LogP contribution < -0.4 is 0 Å². The third kappa shape index (κ3) is 1.56. The van der Waals surface area contributed by atoms with Gasteiger partial charge in [-0.15, -0.1) is 0 Å². The standard InChI is InChI=1S/C11H15N3O/c1-4-11(15)13-5-6-14-9(3)8(2)12-10(14)7-13/h4H,1,5-7H2,2-3H3. The summed E-state index contributed by atoms with van der Waals surface area (Å²) in [6.45, 7) is 9.74. The minimum Gasteiger partial charge on any atom is -0.330 e. The number of rotatable bonds is 1. The molecule has 1 aliphatic rings. The van der Waals surface area contributed by atoms with Gasteiger partial charge in [-0.05, 0) is 19.9 Å². The fourth-order valence-electron chi connectivity index (χ4n) is 1.93. The first-order chi connectivity index (χ1) is 7.13. The second-order valence-electron chi connectivity index (χ2n) is 3.81. The molecule has 0 bridgehead atoms. The lowest BCUT2D eigenvalue weighted by atomic mass is 10.3. The lowest BCUT2D eigenvalue weighted by Gasteiger charge is -2.27. The largest absolute Gasteiger partial charge is 0.330 e. The van der Waals surface area contributed by atoms with Crippen LogP contribution in [-0.4, -0.2) is 26.9 Å². The van der Waals surface area contributed by atoms with Crippen LogP contribution in [-0.2, 0) is 17.9 Å². The van der Waals surface area contributed by atoms with Gasteiger partial charge in [-0.3, -0.25) is 4.79 Å². The molecule has 4 heteroatoms. The summed E-state index contributed by atoms with van der Waals surface area (Å²) in [7, 11) is 0. The Morgan fingerprint density at radius 2 is 2.20 bits per heavy atom. The van der Waals surface area contributed by atoms with Gasteiger partial charge in [0.2, 0.25) is 5.91 Å². The molecule has 80 valence electrons. The number of hydrogen-bond donors (Lipinski definition) is 0. The highest BCUT2D eigenvalue weighted by molar-refractivity contribution is 5.86. The summed E-state index contributed by atoms with van der Waals surface area (Å²) >= 11 is 0. The van der Waals surface area contributed by atoms with E-state index in [-0.39, 0.29) is 5.91 Å². The first-order valence-electron chi connectivity index (χ1n) is 5.07. The van der Waals surface area contributed by atoms with Crippen LogP contribution in [0.2, 0.25) is 0 Å². The number of nitrogens with zero attached hydrogens (tertiary/aromatic N) is 3. The maximum atomic E-state index is 11.4. The molecule has 0 aromatic carbocycles. The van der Waals surface area contributed by atoms with Gasteiger partial charge in [0.05, 0.1) is 12.2 Å². The zero-order chi connectivity index (χ0) is 11.0. The number of aromatic nitrogens is 2. The van der Waals surface area contributed by atoms with Gasteiger partial charge < -0.3 is 9.47 Å². The van der Waals surface area contributed by atoms with E-state index >= 15 is 0 Å². The number of imidazole rings is 1. The summed E-state index contributed by atoms with van der Waals surface area (Å²) in [4.78, 5) is 17.7. The van der Waals surface area contributed by atoms with Gasteiger partial charge in [-0.2, -0.15) is 0 Å². The predicted molar refractivity (Wildman–Crippen MR) is 57.3 cm³/mol. The minimum atomic E-state index is -0.0143. The molecule has 1 aromatic heterocycles. The fourth-order valence-corrected chi connectivity index (χ4v) is 1.93. The third-order valence-electron chi connectivity index (χ3n) is 2.95. The first-order valence-corrected chi connectivity index (χ1v) is 5.07. The molecule has 15 heavy (non-hydrogen) atoms. The van der Waals surface area contributed by atoms with Crippen molar-refractivity contribution in [1.82, 2.24) is 14.5 Å². The van der Waals surface area contributed by atoms with Gasteiger partial charge >= 0.3 is 0 Å². The molecule has 0 fully saturated rings. The number of aryl methyl sites for hydroxylation is 1. The highest BCUT2D eigenvalue weighted by Gasteiger charge is 2.21. The van der Waals surface area contributed by atoms with E-state index in [0.717, 1.165) is 24.6 Å². The predicted octanol–water partition coefficient (Wildman–Crippen LogP) is 1.03. The Morgan fingerprint density at radius 3 is 2.87 bits per heavy atom. The average Bonchev–Trinajstić information content (AvgIpc) is 2.53. The molecule has 0 atom stereocenters. The van der Waals surface area contributed by atoms with Crippen LogP contribution in [0, 0.1) is 13.8 Å². The lowest BCUT2D eigenvalue weighted by molar-refractivity contribution is -0.127. The van der Waals surface area contributed by atoms with Gasteiger partial charge in [0.15, 0.2) is 0 Å². The normalized spacial score (nSPS) is 14.9. The molecule has 1 amide bonds. The van der Waals surface area contributed by atoms with Crippen molar-refractivity contribution in [2.75, 3.05) is 6.54 Å². The molecule has 2 heterocycles. The van der Waals surface area contributed by atoms with Crippen molar-refractivity contribution in [1.29, 1.82) is 0 Å². The lowest BCUT2D eigenvalue weighted by Crippen LogP contribution is -2.37. The number of fused-ring (bicyclic) bond motifs is 1. The Hall–Kier alpha value is -1.58.